The third-order valence-electron chi connectivity index (χ3n) is 3.29. The highest BCUT2D eigenvalue weighted by molar-refractivity contribution is 7.89. The predicted molar refractivity (Wildman–Crippen MR) is 78.0 cm³/mol. The number of nitrogens with two attached hydrogens (primary N) is 1. The molecule has 10 heteroatoms. The Bertz CT molecular complexity index is 677. The van der Waals surface area contributed by atoms with E-state index in [0.717, 1.165) is 6.07 Å². The number of ether oxygens (including phenoxy) is 2. The van der Waals surface area contributed by atoms with Gasteiger partial charge in [0.1, 0.15) is 5.69 Å². The van der Waals surface area contributed by atoms with Crippen molar-refractivity contribution in [3.8, 4) is 0 Å². The van der Waals surface area contributed by atoms with Crippen molar-refractivity contribution in [3.63, 3.8) is 0 Å². The van der Waals surface area contributed by atoms with Crippen molar-refractivity contribution in [2.24, 2.45) is 5.14 Å². The maximum absolute atomic E-state index is 11.3. The largest absolute Gasteiger partial charge is 0.374 e. The summed E-state index contributed by atoms with van der Waals surface area (Å²) in [6.07, 6.45) is -0.633. The van der Waals surface area contributed by atoms with Crippen molar-refractivity contribution in [2.75, 3.05) is 25.2 Å². The molecule has 0 bridgehead atoms. The molecule has 0 unspecified atom stereocenters. The van der Waals surface area contributed by atoms with Gasteiger partial charge in [0.25, 0.3) is 5.69 Å². The number of likely N-dealkylation sites (N-methyl/N-ethyl adjacent to an activating group) is 1. The number of nitro groups is 1. The molecule has 22 heavy (non-hydrogen) atoms. The minimum atomic E-state index is -4.01. The summed E-state index contributed by atoms with van der Waals surface area (Å²) in [6, 6.07) is 3.50. The van der Waals surface area contributed by atoms with Gasteiger partial charge in [-0.1, -0.05) is 0 Å². The number of rotatable bonds is 4. The first kappa shape index (κ1) is 16.6. The summed E-state index contributed by atoms with van der Waals surface area (Å²) < 4.78 is 33.7. The topological polar surface area (TPSA) is 125 Å². The van der Waals surface area contributed by atoms with Crippen LogP contribution >= 0.6 is 0 Å². The zero-order valence-electron chi connectivity index (χ0n) is 12.1. The van der Waals surface area contributed by atoms with E-state index in [-0.39, 0.29) is 29.0 Å². The summed E-state index contributed by atoms with van der Waals surface area (Å²) in [5.74, 6) is 0. The molecule has 2 rings (SSSR count). The van der Waals surface area contributed by atoms with Crippen LogP contribution < -0.4 is 10.0 Å². The van der Waals surface area contributed by atoms with E-state index in [1.165, 1.54) is 12.1 Å². The quantitative estimate of drug-likeness (QED) is 0.626. The molecule has 2 N–H and O–H groups in total. The van der Waals surface area contributed by atoms with Crippen molar-refractivity contribution in [1.29, 1.82) is 0 Å². The van der Waals surface area contributed by atoms with E-state index in [9.17, 15) is 18.5 Å². The van der Waals surface area contributed by atoms with Crippen molar-refractivity contribution in [2.45, 2.75) is 24.2 Å². The molecule has 0 radical (unpaired) electrons. The Balaban J connectivity index is 2.39. The van der Waals surface area contributed by atoms with Gasteiger partial charge in [-0.3, -0.25) is 10.1 Å². The lowest BCUT2D eigenvalue weighted by atomic mass is 10.2. The van der Waals surface area contributed by atoms with Gasteiger partial charge in [0.05, 0.1) is 29.1 Å². The lowest BCUT2D eigenvalue weighted by Gasteiger charge is -2.35. The average Bonchev–Trinajstić information content (AvgIpc) is 2.44. The Morgan fingerprint density at radius 3 is 2.64 bits per heavy atom. The number of sulfonamides is 1. The van der Waals surface area contributed by atoms with Gasteiger partial charge in [-0.05, 0) is 19.1 Å². The Morgan fingerprint density at radius 1 is 1.41 bits per heavy atom. The third-order valence-corrected chi connectivity index (χ3v) is 4.20. The Labute approximate surface area is 127 Å². The van der Waals surface area contributed by atoms with Gasteiger partial charge in [-0.15, -0.1) is 0 Å². The molecular weight excluding hydrogens is 314 g/mol. The highest BCUT2D eigenvalue weighted by atomic mass is 32.2. The molecule has 1 heterocycles. The van der Waals surface area contributed by atoms with Gasteiger partial charge < -0.3 is 14.4 Å². The van der Waals surface area contributed by atoms with Crippen LogP contribution in [0.5, 0.6) is 0 Å². The first-order chi connectivity index (χ1) is 10.2. The molecule has 1 aromatic rings. The summed E-state index contributed by atoms with van der Waals surface area (Å²) >= 11 is 0. The number of nitrogens with zero attached hydrogens (tertiary/aromatic N) is 2. The van der Waals surface area contributed by atoms with Crippen LogP contribution in [0, 0.1) is 10.1 Å². The van der Waals surface area contributed by atoms with Crippen LogP contribution in [0.25, 0.3) is 0 Å². The fourth-order valence-corrected chi connectivity index (χ4v) is 2.70. The van der Waals surface area contributed by atoms with Crippen molar-refractivity contribution in [3.05, 3.63) is 28.3 Å². The summed E-state index contributed by atoms with van der Waals surface area (Å²) in [5.41, 5.74) is -0.143. The number of nitro benzene ring substituents is 1. The number of hydrogen-bond donors (Lipinski definition) is 1. The first-order valence-corrected chi connectivity index (χ1v) is 8.02. The first-order valence-electron chi connectivity index (χ1n) is 6.47. The fourth-order valence-electron chi connectivity index (χ4n) is 2.16. The van der Waals surface area contributed by atoms with Crippen LogP contribution in [0.15, 0.2) is 23.1 Å². The van der Waals surface area contributed by atoms with Gasteiger partial charge in [-0.2, -0.15) is 0 Å². The molecule has 1 aliphatic rings. The van der Waals surface area contributed by atoms with E-state index >= 15 is 0 Å². The van der Waals surface area contributed by atoms with Crippen molar-refractivity contribution >= 4 is 21.4 Å². The lowest BCUT2D eigenvalue weighted by molar-refractivity contribution is -0.384. The zero-order valence-corrected chi connectivity index (χ0v) is 12.9. The monoisotopic (exact) mass is 331 g/mol. The minimum Gasteiger partial charge on any atom is -0.374 e. The smallest absolute Gasteiger partial charge is 0.293 e. The van der Waals surface area contributed by atoms with E-state index in [1.54, 1.807) is 11.9 Å². The minimum absolute atomic E-state index is 0.135. The average molecular weight is 331 g/mol. The third kappa shape index (κ3) is 3.53. The van der Waals surface area contributed by atoms with Gasteiger partial charge >= 0.3 is 0 Å². The summed E-state index contributed by atoms with van der Waals surface area (Å²) in [6.45, 7) is 2.55. The second-order valence-corrected chi connectivity index (χ2v) is 6.56. The number of hydrogen-bond acceptors (Lipinski definition) is 7. The second kappa shape index (κ2) is 6.16. The van der Waals surface area contributed by atoms with Gasteiger partial charge in [-0.25, -0.2) is 13.6 Å². The summed E-state index contributed by atoms with van der Waals surface area (Å²) in [7, 11) is -2.40. The molecule has 0 amide bonds. The van der Waals surface area contributed by atoms with Crippen LogP contribution in [0.1, 0.15) is 6.92 Å². The SMILES string of the molecule is C[C@@H]1COC[C@@H](N(C)c2ccc(S(N)(=O)=O)cc2[N+](=O)[O-])O1. The molecule has 1 aromatic carbocycles. The van der Waals surface area contributed by atoms with E-state index in [2.05, 4.69) is 0 Å². The van der Waals surface area contributed by atoms with Crippen LogP contribution in [-0.4, -0.2) is 45.9 Å². The molecule has 0 spiro atoms. The predicted octanol–water partition coefficient (Wildman–Crippen LogP) is 0.440. The standard InChI is InChI=1S/C12H17N3O6S/c1-8-6-20-7-12(21-8)14(2)10-4-3-9(22(13,18)19)5-11(10)15(16)17/h3-5,8,12H,6-7H2,1-2H3,(H2,13,18,19)/t8-,12+/m1/s1. The molecule has 1 aliphatic heterocycles. The molecule has 122 valence electrons. The fraction of sp³-hybridized carbons (Fsp3) is 0.500. The molecular formula is C12H17N3O6S. The molecule has 0 aromatic heterocycles. The molecule has 9 nitrogen and oxygen atoms in total. The molecule has 0 saturated carbocycles. The van der Waals surface area contributed by atoms with E-state index in [1.807, 2.05) is 6.92 Å². The normalized spacial score (nSPS) is 22.3. The van der Waals surface area contributed by atoms with Crippen molar-refractivity contribution in [1.82, 2.24) is 0 Å². The van der Waals surface area contributed by atoms with Gasteiger partial charge in [0, 0.05) is 13.1 Å². The van der Waals surface area contributed by atoms with Crippen LogP contribution in [-0.2, 0) is 19.5 Å². The number of benzene rings is 1. The Kier molecular flexibility index (Phi) is 4.66. The highest BCUT2D eigenvalue weighted by Gasteiger charge is 2.29. The highest BCUT2D eigenvalue weighted by Crippen LogP contribution is 2.31. The van der Waals surface area contributed by atoms with Gasteiger partial charge in [0.2, 0.25) is 10.0 Å². The Morgan fingerprint density at radius 2 is 2.09 bits per heavy atom. The maximum Gasteiger partial charge on any atom is 0.293 e. The second-order valence-electron chi connectivity index (χ2n) is 5.00. The molecule has 0 aliphatic carbocycles. The van der Waals surface area contributed by atoms with E-state index in [4.69, 9.17) is 14.6 Å². The summed E-state index contributed by atoms with van der Waals surface area (Å²) in [5, 5.41) is 16.2. The van der Waals surface area contributed by atoms with E-state index < -0.39 is 21.2 Å². The van der Waals surface area contributed by atoms with Crippen molar-refractivity contribution < 1.29 is 22.8 Å². The molecule has 1 saturated heterocycles. The summed E-state index contributed by atoms with van der Waals surface area (Å²) in [4.78, 5) is 11.8. The van der Waals surface area contributed by atoms with Crippen LogP contribution in [0.3, 0.4) is 0 Å². The van der Waals surface area contributed by atoms with Gasteiger partial charge in [0.15, 0.2) is 6.23 Å². The maximum atomic E-state index is 11.3. The number of anilines is 1. The zero-order chi connectivity index (χ0) is 16.5. The lowest BCUT2D eigenvalue weighted by Crippen LogP contribution is -2.45. The number of primary sulfonamides is 1. The van der Waals surface area contributed by atoms with Crippen LogP contribution in [0.2, 0.25) is 0 Å². The van der Waals surface area contributed by atoms with Crippen LogP contribution in [0.4, 0.5) is 11.4 Å². The Hall–Kier alpha value is -1.75. The molecule has 1 fully saturated rings. The van der Waals surface area contributed by atoms with E-state index in [0.29, 0.717) is 6.61 Å². The molecule has 2 atom stereocenters.